The molecule has 2 aromatic rings. The molecule has 4 nitrogen and oxygen atoms in total. The number of thiophene rings is 1. The van der Waals surface area contributed by atoms with Crippen molar-refractivity contribution in [3.8, 4) is 5.88 Å². The van der Waals surface area contributed by atoms with Crippen LogP contribution in [-0.4, -0.2) is 16.6 Å². The molecule has 0 saturated carbocycles. The molecule has 2 aromatic heterocycles. The SMILES string of the molecule is CC(C)c1nc(OCCc2cccs2)cc(=O)[nH]1. The van der Waals surface area contributed by atoms with Gasteiger partial charge in [0.15, 0.2) is 0 Å². The predicted molar refractivity (Wildman–Crippen MR) is 72.5 cm³/mol. The minimum absolute atomic E-state index is 0.167. The van der Waals surface area contributed by atoms with Crippen LogP contribution in [0.25, 0.3) is 0 Å². The third-order valence-electron chi connectivity index (χ3n) is 2.46. The fourth-order valence-corrected chi connectivity index (χ4v) is 2.20. The number of aromatic nitrogens is 2. The maximum absolute atomic E-state index is 11.4. The van der Waals surface area contributed by atoms with E-state index in [1.807, 2.05) is 25.3 Å². The first-order valence-corrected chi connectivity index (χ1v) is 6.79. The highest BCUT2D eigenvalue weighted by molar-refractivity contribution is 7.09. The highest BCUT2D eigenvalue weighted by Crippen LogP contribution is 2.12. The number of hydrogen-bond donors (Lipinski definition) is 1. The molecule has 0 saturated heterocycles. The van der Waals surface area contributed by atoms with Crippen LogP contribution in [0.3, 0.4) is 0 Å². The summed E-state index contributed by atoms with van der Waals surface area (Å²) >= 11 is 1.70. The highest BCUT2D eigenvalue weighted by Gasteiger charge is 2.06. The fraction of sp³-hybridized carbons (Fsp3) is 0.385. The van der Waals surface area contributed by atoms with Crippen LogP contribution < -0.4 is 10.3 Å². The maximum atomic E-state index is 11.4. The second kappa shape index (κ2) is 5.82. The summed E-state index contributed by atoms with van der Waals surface area (Å²) < 4.78 is 5.53. The van der Waals surface area contributed by atoms with Gasteiger partial charge in [-0.2, -0.15) is 4.98 Å². The zero-order valence-electron chi connectivity index (χ0n) is 10.5. The van der Waals surface area contributed by atoms with Crippen molar-refractivity contribution in [1.82, 2.24) is 9.97 Å². The third-order valence-corrected chi connectivity index (χ3v) is 3.40. The van der Waals surface area contributed by atoms with Crippen molar-refractivity contribution < 1.29 is 4.74 Å². The second-order valence-corrected chi connectivity index (χ2v) is 5.33. The molecule has 5 heteroatoms. The van der Waals surface area contributed by atoms with Crippen LogP contribution in [0.4, 0.5) is 0 Å². The van der Waals surface area contributed by atoms with Crippen LogP contribution in [0, 0.1) is 0 Å². The van der Waals surface area contributed by atoms with Gasteiger partial charge in [0.25, 0.3) is 5.56 Å². The summed E-state index contributed by atoms with van der Waals surface area (Å²) in [6.45, 7) is 4.50. The van der Waals surface area contributed by atoms with E-state index in [1.54, 1.807) is 11.3 Å². The topological polar surface area (TPSA) is 55.0 Å². The molecular weight excluding hydrogens is 248 g/mol. The van der Waals surface area contributed by atoms with Gasteiger partial charge in [0, 0.05) is 17.2 Å². The molecule has 0 aromatic carbocycles. The molecule has 96 valence electrons. The van der Waals surface area contributed by atoms with Crippen molar-refractivity contribution in [3.05, 3.63) is 44.6 Å². The molecule has 0 spiro atoms. The number of H-pyrrole nitrogens is 1. The van der Waals surface area contributed by atoms with Gasteiger partial charge in [-0.05, 0) is 11.4 Å². The lowest BCUT2D eigenvalue weighted by atomic mass is 10.2. The van der Waals surface area contributed by atoms with Crippen molar-refractivity contribution in [2.45, 2.75) is 26.2 Å². The van der Waals surface area contributed by atoms with Gasteiger partial charge >= 0.3 is 0 Å². The average molecular weight is 264 g/mol. The lowest BCUT2D eigenvalue weighted by Gasteiger charge is -2.07. The molecule has 0 atom stereocenters. The minimum atomic E-state index is -0.167. The Bertz CT molecular complexity index is 546. The molecule has 18 heavy (non-hydrogen) atoms. The zero-order chi connectivity index (χ0) is 13.0. The lowest BCUT2D eigenvalue weighted by molar-refractivity contribution is 0.307. The Labute approximate surface area is 110 Å². The Morgan fingerprint density at radius 3 is 3.00 bits per heavy atom. The normalized spacial score (nSPS) is 10.8. The first-order chi connectivity index (χ1) is 8.65. The summed E-state index contributed by atoms with van der Waals surface area (Å²) in [4.78, 5) is 19.7. The monoisotopic (exact) mass is 264 g/mol. The number of ether oxygens (including phenoxy) is 1. The standard InChI is InChI=1S/C13H16N2O2S/c1-9(2)13-14-11(16)8-12(15-13)17-6-5-10-4-3-7-18-10/h3-4,7-9H,5-6H2,1-2H3,(H,14,15,16). The van der Waals surface area contributed by atoms with Gasteiger partial charge in [0.05, 0.1) is 12.7 Å². The Hall–Kier alpha value is -1.62. The van der Waals surface area contributed by atoms with E-state index >= 15 is 0 Å². The van der Waals surface area contributed by atoms with E-state index in [0.29, 0.717) is 18.3 Å². The Kier molecular flexibility index (Phi) is 4.15. The smallest absolute Gasteiger partial charge is 0.254 e. The lowest BCUT2D eigenvalue weighted by Crippen LogP contribution is -2.13. The first-order valence-electron chi connectivity index (χ1n) is 5.91. The second-order valence-electron chi connectivity index (χ2n) is 4.30. The molecule has 0 amide bonds. The van der Waals surface area contributed by atoms with Gasteiger partial charge in [0.1, 0.15) is 5.82 Å². The Morgan fingerprint density at radius 1 is 1.50 bits per heavy atom. The van der Waals surface area contributed by atoms with Crippen LogP contribution in [0.5, 0.6) is 5.88 Å². The zero-order valence-corrected chi connectivity index (χ0v) is 11.3. The van der Waals surface area contributed by atoms with E-state index in [1.165, 1.54) is 10.9 Å². The molecule has 0 radical (unpaired) electrons. The van der Waals surface area contributed by atoms with Gasteiger partial charge in [-0.1, -0.05) is 19.9 Å². The molecule has 0 aliphatic carbocycles. The molecule has 0 unspecified atom stereocenters. The van der Waals surface area contributed by atoms with Crippen molar-refractivity contribution >= 4 is 11.3 Å². The number of nitrogens with zero attached hydrogens (tertiary/aromatic N) is 1. The quantitative estimate of drug-likeness (QED) is 0.903. The largest absolute Gasteiger partial charge is 0.477 e. The molecule has 0 aliphatic rings. The summed E-state index contributed by atoms with van der Waals surface area (Å²) in [6.07, 6.45) is 0.836. The molecule has 2 rings (SSSR count). The van der Waals surface area contributed by atoms with Crippen LogP contribution >= 0.6 is 11.3 Å². The number of rotatable bonds is 5. The van der Waals surface area contributed by atoms with Crippen molar-refractivity contribution in [2.24, 2.45) is 0 Å². The molecule has 0 fully saturated rings. The average Bonchev–Trinajstić information content (AvgIpc) is 2.81. The summed E-state index contributed by atoms with van der Waals surface area (Å²) in [6, 6.07) is 5.47. The van der Waals surface area contributed by atoms with Crippen molar-refractivity contribution in [2.75, 3.05) is 6.61 Å². The van der Waals surface area contributed by atoms with Crippen LogP contribution in [0.2, 0.25) is 0 Å². The van der Waals surface area contributed by atoms with Crippen LogP contribution in [0.15, 0.2) is 28.4 Å². The van der Waals surface area contributed by atoms with Crippen molar-refractivity contribution in [3.63, 3.8) is 0 Å². The summed E-state index contributed by atoms with van der Waals surface area (Å²) in [5, 5.41) is 2.04. The summed E-state index contributed by atoms with van der Waals surface area (Å²) in [5.41, 5.74) is -0.167. The van der Waals surface area contributed by atoms with E-state index in [-0.39, 0.29) is 11.5 Å². The summed E-state index contributed by atoms with van der Waals surface area (Å²) in [5.74, 6) is 1.24. The van der Waals surface area contributed by atoms with Crippen LogP contribution in [0.1, 0.15) is 30.5 Å². The Balaban J connectivity index is 1.98. The number of aromatic amines is 1. The molecule has 2 heterocycles. The number of hydrogen-bond acceptors (Lipinski definition) is 4. The molecule has 0 aliphatic heterocycles. The molecule has 0 bridgehead atoms. The van der Waals surface area contributed by atoms with E-state index in [9.17, 15) is 4.79 Å². The molecule has 1 N–H and O–H groups in total. The first kappa shape index (κ1) is 12.8. The van der Waals surface area contributed by atoms with E-state index in [4.69, 9.17) is 4.74 Å². The maximum Gasteiger partial charge on any atom is 0.254 e. The highest BCUT2D eigenvalue weighted by atomic mass is 32.1. The minimum Gasteiger partial charge on any atom is -0.477 e. The van der Waals surface area contributed by atoms with Gasteiger partial charge in [-0.25, -0.2) is 0 Å². The number of nitrogens with one attached hydrogen (secondary N) is 1. The van der Waals surface area contributed by atoms with Gasteiger partial charge in [-0.3, -0.25) is 4.79 Å². The fourth-order valence-electron chi connectivity index (χ4n) is 1.51. The van der Waals surface area contributed by atoms with Crippen LogP contribution in [-0.2, 0) is 6.42 Å². The van der Waals surface area contributed by atoms with E-state index < -0.39 is 0 Å². The third kappa shape index (κ3) is 3.43. The molecular formula is C13H16N2O2S. The predicted octanol–water partition coefficient (Wildman–Crippen LogP) is 2.58. The van der Waals surface area contributed by atoms with E-state index in [0.717, 1.165) is 6.42 Å². The van der Waals surface area contributed by atoms with Gasteiger partial charge in [0.2, 0.25) is 5.88 Å². The summed E-state index contributed by atoms with van der Waals surface area (Å²) in [7, 11) is 0. The van der Waals surface area contributed by atoms with Gasteiger partial charge in [-0.15, -0.1) is 11.3 Å². The van der Waals surface area contributed by atoms with Crippen molar-refractivity contribution in [1.29, 1.82) is 0 Å². The van der Waals surface area contributed by atoms with Gasteiger partial charge < -0.3 is 9.72 Å². The Morgan fingerprint density at radius 2 is 2.33 bits per heavy atom. The van der Waals surface area contributed by atoms with E-state index in [2.05, 4.69) is 16.0 Å².